The Labute approximate surface area is 132 Å². The summed E-state index contributed by atoms with van der Waals surface area (Å²) in [6.45, 7) is 1.34. The van der Waals surface area contributed by atoms with Crippen molar-refractivity contribution in [2.45, 2.75) is 6.92 Å². The summed E-state index contributed by atoms with van der Waals surface area (Å²) in [6.07, 6.45) is 0. The smallest absolute Gasteiger partial charge is 0.341 e. The lowest BCUT2D eigenvalue weighted by molar-refractivity contribution is -0.139. The van der Waals surface area contributed by atoms with Crippen LogP contribution in [0.4, 0.5) is 0 Å². The standard InChI is InChI=1S/C17H14N2O4/c1-10-6-15(23-9-16(21)22)19-17(18-10)13-3-2-12-8-14(20)5-4-11(12)7-13/h2-8,20H,9H2,1H3,(H,21,22). The Hall–Kier alpha value is -3.15. The van der Waals surface area contributed by atoms with Gasteiger partial charge in [-0.1, -0.05) is 18.2 Å². The molecule has 0 amide bonds. The molecule has 116 valence electrons. The number of aliphatic carboxylic acids is 1. The molecule has 0 aliphatic heterocycles. The Bertz CT molecular complexity index is 893. The molecule has 0 bridgehead atoms. The van der Waals surface area contributed by atoms with E-state index in [0.717, 1.165) is 16.3 Å². The van der Waals surface area contributed by atoms with Crippen molar-refractivity contribution in [3.05, 3.63) is 48.2 Å². The SMILES string of the molecule is Cc1cc(OCC(=O)O)nc(-c2ccc3cc(O)ccc3c2)n1. The maximum Gasteiger partial charge on any atom is 0.341 e. The maximum atomic E-state index is 10.6. The number of hydrogen-bond donors (Lipinski definition) is 2. The fourth-order valence-electron chi connectivity index (χ4n) is 2.25. The largest absolute Gasteiger partial charge is 0.508 e. The zero-order valence-corrected chi connectivity index (χ0v) is 12.4. The average molecular weight is 310 g/mol. The molecule has 0 aliphatic carbocycles. The van der Waals surface area contributed by atoms with E-state index in [9.17, 15) is 9.90 Å². The summed E-state index contributed by atoms with van der Waals surface area (Å²) in [7, 11) is 0. The van der Waals surface area contributed by atoms with Crippen molar-refractivity contribution in [2.24, 2.45) is 0 Å². The molecule has 0 fully saturated rings. The van der Waals surface area contributed by atoms with Gasteiger partial charge in [-0.15, -0.1) is 0 Å². The first-order valence-corrected chi connectivity index (χ1v) is 6.95. The molecule has 0 atom stereocenters. The van der Waals surface area contributed by atoms with E-state index in [0.29, 0.717) is 11.5 Å². The second-order valence-electron chi connectivity index (χ2n) is 5.10. The molecule has 0 saturated heterocycles. The first-order valence-electron chi connectivity index (χ1n) is 6.95. The van der Waals surface area contributed by atoms with Gasteiger partial charge in [-0.3, -0.25) is 0 Å². The number of benzene rings is 2. The van der Waals surface area contributed by atoms with Crippen LogP contribution >= 0.6 is 0 Å². The van der Waals surface area contributed by atoms with E-state index in [1.807, 2.05) is 24.3 Å². The number of ether oxygens (including phenoxy) is 1. The van der Waals surface area contributed by atoms with Gasteiger partial charge in [0.1, 0.15) is 5.75 Å². The number of aromatic nitrogens is 2. The predicted octanol–water partition coefficient (Wildman–Crippen LogP) is 2.77. The number of hydrogen-bond acceptors (Lipinski definition) is 5. The fraction of sp³-hybridized carbons (Fsp3) is 0.118. The second kappa shape index (κ2) is 5.92. The zero-order valence-electron chi connectivity index (χ0n) is 12.4. The lowest BCUT2D eigenvalue weighted by atomic mass is 10.1. The third-order valence-corrected chi connectivity index (χ3v) is 3.26. The molecule has 0 unspecified atom stereocenters. The van der Waals surface area contributed by atoms with Crippen molar-refractivity contribution in [3.63, 3.8) is 0 Å². The van der Waals surface area contributed by atoms with E-state index in [-0.39, 0.29) is 11.6 Å². The molecule has 23 heavy (non-hydrogen) atoms. The van der Waals surface area contributed by atoms with Crippen LogP contribution in [0.25, 0.3) is 22.2 Å². The van der Waals surface area contributed by atoms with Gasteiger partial charge in [0, 0.05) is 17.3 Å². The van der Waals surface area contributed by atoms with Gasteiger partial charge in [-0.2, -0.15) is 4.98 Å². The van der Waals surface area contributed by atoms with Gasteiger partial charge in [0.15, 0.2) is 12.4 Å². The topological polar surface area (TPSA) is 92.5 Å². The summed E-state index contributed by atoms with van der Waals surface area (Å²) < 4.78 is 5.13. The van der Waals surface area contributed by atoms with E-state index in [2.05, 4.69) is 9.97 Å². The summed E-state index contributed by atoms with van der Waals surface area (Å²) in [5.41, 5.74) is 1.47. The number of fused-ring (bicyclic) bond motifs is 1. The molecule has 3 rings (SSSR count). The van der Waals surface area contributed by atoms with Crippen LogP contribution in [0, 0.1) is 6.92 Å². The fourth-order valence-corrected chi connectivity index (χ4v) is 2.25. The monoisotopic (exact) mass is 310 g/mol. The molecule has 0 aliphatic rings. The molecule has 2 aromatic carbocycles. The summed E-state index contributed by atoms with van der Waals surface area (Å²) >= 11 is 0. The Morgan fingerprint density at radius 2 is 1.83 bits per heavy atom. The van der Waals surface area contributed by atoms with Crippen LogP contribution in [0.3, 0.4) is 0 Å². The Kier molecular flexibility index (Phi) is 3.80. The van der Waals surface area contributed by atoms with Crippen molar-refractivity contribution in [1.29, 1.82) is 0 Å². The Balaban J connectivity index is 2.00. The van der Waals surface area contributed by atoms with Crippen LogP contribution < -0.4 is 4.74 Å². The van der Waals surface area contributed by atoms with Gasteiger partial charge in [-0.25, -0.2) is 9.78 Å². The summed E-state index contributed by atoms with van der Waals surface area (Å²) in [4.78, 5) is 19.2. The number of aromatic hydroxyl groups is 1. The lowest BCUT2D eigenvalue weighted by Crippen LogP contribution is -2.11. The predicted molar refractivity (Wildman–Crippen MR) is 84.5 cm³/mol. The number of phenolic OH excluding ortho intramolecular Hbond substituents is 1. The quantitative estimate of drug-likeness (QED) is 0.769. The molecule has 1 aromatic heterocycles. The summed E-state index contributed by atoms with van der Waals surface area (Å²) in [5, 5.41) is 20.0. The number of carboxylic acid groups (broad SMARTS) is 1. The zero-order chi connectivity index (χ0) is 16.4. The maximum absolute atomic E-state index is 10.6. The first-order chi connectivity index (χ1) is 11.0. The van der Waals surface area contributed by atoms with Crippen molar-refractivity contribution < 1.29 is 19.7 Å². The number of aryl methyl sites for hydroxylation is 1. The number of carboxylic acids is 1. The van der Waals surface area contributed by atoms with E-state index in [1.54, 1.807) is 25.1 Å². The molecule has 1 heterocycles. The highest BCUT2D eigenvalue weighted by Crippen LogP contribution is 2.26. The van der Waals surface area contributed by atoms with Gasteiger partial charge < -0.3 is 14.9 Å². The molecule has 6 heteroatoms. The summed E-state index contributed by atoms with van der Waals surface area (Å²) in [6, 6.07) is 12.3. The molecular formula is C17H14N2O4. The van der Waals surface area contributed by atoms with E-state index in [4.69, 9.17) is 9.84 Å². The highest BCUT2D eigenvalue weighted by molar-refractivity contribution is 5.87. The van der Waals surface area contributed by atoms with Crippen molar-refractivity contribution in [2.75, 3.05) is 6.61 Å². The van der Waals surface area contributed by atoms with Crippen LogP contribution in [0.5, 0.6) is 11.6 Å². The average Bonchev–Trinajstić information content (AvgIpc) is 2.52. The summed E-state index contributed by atoms with van der Waals surface area (Å²) in [5.74, 6) is -0.171. The van der Waals surface area contributed by atoms with Crippen molar-refractivity contribution in [3.8, 4) is 23.0 Å². The van der Waals surface area contributed by atoms with Gasteiger partial charge in [0.25, 0.3) is 0 Å². The van der Waals surface area contributed by atoms with Crippen LogP contribution in [0.1, 0.15) is 5.69 Å². The number of carbonyl (C=O) groups is 1. The van der Waals surface area contributed by atoms with Crippen LogP contribution in [-0.4, -0.2) is 32.8 Å². The number of rotatable bonds is 4. The van der Waals surface area contributed by atoms with Gasteiger partial charge >= 0.3 is 5.97 Å². The van der Waals surface area contributed by atoms with Crippen LogP contribution in [-0.2, 0) is 4.79 Å². The molecule has 3 aromatic rings. The highest BCUT2D eigenvalue weighted by atomic mass is 16.5. The third-order valence-electron chi connectivity index (χ3n) is 3.26. The second-order valence-corrected chi connectivity index (χ2v) is 5.10. The van der Waals surface area contributed by atoms with E-state index < -0.39 is 12.6 Å². The first kappa shape index (κ1) is 14.8. The molecule has 0 saturated carbocycles. The number of nitrogens with zero attached hydrogens (tertiary/aromatic N) is 2. The normalized spacial score (nSPS) is 10.7. The third kappa shape index (κ3) is 3.37. The Morgan fingerprint density at radius 1 is 1.09 bits per heavy atom. The molecule has 0 radical (unpaired) electrons. The molecular weight excluding hydrogens is 296 g/mol. The van der Waals surface area contributed by atoms with Gasteiger partial charge in [-0.05, 0) is 35.9 Å². The highest BCUT2D eigenvalue weighted by Gasteiger charge is 2.08. The van der Waals surface area contributed by atoms with E-state index in [1.165, 1.54) is 0 Å². The van der Waals surface area contributed by atoms with Gasteiger partial charge in [0.05, 0.1) is 0 Å². The minimum atomic E-state index is -1.06. The lowest BCUT2D eigenvalue weighted by Gasteiger charge is -2.07. The molecule has 6 nitrogen and oxygen atoms in total. The number of phenols is 1. The van der Waals surface area contributed by atoms with Crippen molar-refractivity contribution >= 4 is 16.7 Å². The Morgan fingerprint density at radius 3 is 2.61 bits per heavy atom. The van der Waals surface area contributed by atoms with Crippen LogP contribution in [0.15, 0.2) is 42.5 Å². The minimum absolute atomic E-state index is 0.210. The van der Waals surface area contributed by atoms with Crippen LogP contribution in [0.2, 0.25) is 0 Å². The van der Waals surface area contributed by atoms with Crippen molar-refractivity contribution in [1.82, 2.24) is 9.97 Å². The molecule has 0 spiro atoms. The van der Waals surface area contributed by atoms with Gasteiger partial charge in [0.2, 0.25) is 5.88 Å². The minimum Gasteiger partial charge on any atom is -0.508 e. The molecule has 2 N–H and O–H groups in total. The van der Waals surface area contributed by atoms with E-state index >= 15 is 0 Å².